The second-order valence-corrected chi connectivity index (χ2v) is 7.58. The highest BCUT2D eigenvalue weighted by Crippen LogP contribution is 2.54. The summed E-state index contributed by atoms with van der Waals surface area (Å²) in [5.41, 5.74) is 0.800. The first kappa shape index (κ1) is 19.6. The summed E-state index contributed by atoms with van der Waals surface area (Å²) >= 11 is 0. The van der Waals surface area contributed by atoms with Crippen molar-refractivity contribution in [1.82, 2.24) is 10.2 Å². The van der Waals surface area contributed by atoms with Gasteiger partial charge in [0.25, 0.3) is 0 Å². The van der Waals surface area contributed by atoms with Crippen LogP contribution in [0.15, 0.2) is 36.5 Å². The Hall–Kier alpha value is -2.19. The van der Waals surface area contributed by atoms with E-state index in [0.29, 0.717) is 25.0 Å². The molecule has 2 aliphatic rings. The Balaban J connectivity index is 1.51. The average Bonchev–Trinajstić information content (AvgIpc) is 3.15. The molecule has 0 aliphatic carbocycles. The smallest absolute Gasteiger partial charge is 0.404 e. The van der Waals surface area contributed by atoms with Gasteiger partial charge in [0, 0.05) is 24.9 Å². The van der Waals surface area contributed by atoms with Crippen molar-refractivity contribution in [3.63, 3.8) is 0 Å². The van der Waals surface area contributed by atoms with Crippen LogP contribution in [0.4, 0.5) is 0 Å². The molecule has 27 heavy (non-hydrogen) atoms. The van der Waals surface area contributed by atoms with Crippen LogP contribution >= 0.6 is 7.82 Å². The minimum atomic E-state index is -3.71. The molecule has 2 heterocycles. The topological polar surface area (TPSA) is 103 Å². The first-order valence-corrected chi connectivity index (χ1v) is 9.94. The predicted octanol–water partition coefficient (Wildman–Crippen LogP) is 1.94. The average molecular weight is 396 g/mol. The van der Waals surface area contributed by atoms with Crippen LogP contribution in [0.3, 0.4) is 0 Å². The summed E-state index contributed by atoms with van der Waals surface area (Å²) in [5.74, 6) is 0.147. The molecule has 0 aromatic heterocycles. The molecule has 0 bridgehead atoms. The van der Waals surface area contributed by atoms with Crippen LogP contribution < -0.4 is 9.84 Å². The van der Waals surface area contributed by atoms with Gasteiger partial charge < -0.3 is 14.6 Å². The number of nitrogens with zero attached hydrogens (tertiary/aromatic N) is 1. The van der Waals surface area contributed by atoms with Gasteiger partial charge in [-0.25, -0.2) is 4.57 Å². The van der Waals surface area contributed by atoms with E-state index >= 15 is 0 Å². The zero-order valence-corrected chi connectivity index (χ0v) is 15.7. The summed E-state index contributed by atoms with van der Waals surface area (Å²) in [4.78, 5) is 23.7. The lowest BCUT2D eigenvalue weighted by atomic mass is 10.2. The minimum absolute atomic E-state index is 0.00179. The number of hydrogen-bond donors (Lipinski definition) is 1. The van der Waals surface area contributed by atoms with E-state index in [2.05, 4.69) is 5.32 Å². The zero-order chi connectivity index (χ0) is 19.3. The fourth-order valence-electron chi connectivity index (χ4n) is 2.71. The third kappa shape index (κ3) is 4.95. The van der Waals surface area contributed by atoms with E-state index in [9.17, 15) is 14.2 Å². The molecular formula is C17H21N2O7P. The highest BCUT2D eigenvalue weighted by atomic mass is 31.2. The number of benzene rings is 1. The van der Waals surface area contributed by atoms with Crippen molar-refractivity contribution in [3.05, 3.63) is 42.1 Å². The molecule has 3 atom stereocenters. The van der Waals surface area contributed by atoms with Crippen LogP contribution in [-0.4, -0.2) is 43.2 Å². The van der Waals surface area contributed by atoms with Gasteiger partial charge in [-0.05, 0) is 18.9 Å². The summed E-state index contributed by atoms with van der Waals surface area (Å²) < 4.78 is 34.4. The molecule has 0 radical (unpaired) electrons. The molecule has 1 saturated heterocycles. The number of hydrogen-bond acceptors (Lipinski definition) is 7. The largest absolute Gasteiger partial charge is 0.530 e. The fourth-order valence-corrected chi connectivity index (χ4v) is 3.96. The molecule has 1 fully saturated rings. The molecule has 2 aliphatic heterocycles. The number of amides is 2. The Kier molecular flexibility index (Phi) is 6.28. The van der Waals surface area contributed by atoms with Gasteiger partial charge in [0.2, 0.25) is 12.3 Å². The number of likely N-dealkylation sites (N-methyl/N-ethyl adjacent to an activating group) is 1. The number of phosphoric acid groups is 1. The molecule has 9 nitrogen and oxygen atoms in total. The molecule has 3 unspecified atom stereocenters. The minimum Gasteiger partial charge on any atom is -0.404 e. The first-order chi connectivity index (χ1) is 13.0. The molecule has 0 saturated carbocycles. The van der Waals surface area contributed by atoms with E-state index in [1.165, 1.54) is 24.2 Å². The van der Waals surface area contributed by atoms with Crippen molar-refractivity contribution < 1.29 is 32.5 Å². The summed E-state index contributed by atoms with van der Waals surface area (Å²) in [6.07, 6.45) is 3.43. The lowest BCUT2D eigenvalue weighted by Gasteiger charge is -2.26. The van der Waals surface area contributed by atoms with Crippen molar-refractivity contribution in [2.45, 2.75) is 31.8 Å². The van der Waals surface area contributed by atoms with Gasteiger partial charge in [0.15, 0.2) is 0 Å². The number of carbonyl (C=O) groups is 2. The number of para-hydroxylation sites is 1. The summed E-state index contributed by atoms with van der Waals surface area (Å²) in [7, 11) is -2.22. The SMILES string of the molecule is CNC(=O)/C=C\N(C=O)C1CCC(COP2(=O)OCc3ccccc3O2)O1. The maximum atomic E-state index is 12.6. The van der Waals surface area contributed by atoms with E-state index in [-0.39, 0.29) is 25.2 Å². The first-order valence-electron chi connectivity index (χ1n) is 8.48. The molecule has 0 spiro atoms. The lowest BCUT2D eigenvalue weighted by Crippen LogP contribution is -2.31. The van der Waals surface area contributed by atoms with Crippen LogP contribution in [0, 0.1) is 0 Å². The fraction of sp³-hybridized carbons (Fsp3) is 0.412. The highest BCUT2D eigenvalue weighted by molar-refractivity contribution is 7.49. The Morgan fingerprint density at radius 2 is 2.22 bits per heavy atom. The van der Waals surface area contributed by atoms with Crippen molar-refractivity contribution in [1.29, 1.82) is 0 Å². The Morgan fingerprint density at radius 1 is 1.41 bits per heavy atom. The number of ether oxygens (including phenoxy) is 1. The Labute approximate surface area is 156 Å². The normalized spacial score (nSPS) is 27.0. The number of phosphoric ester groups is 1. The second kappa shape index (κ2) is 8.67. The van der Waals surface area contributed by atoms with Gasteiger partial charge >= 0.3 is 7.82 Å². The molecule has 10 heteroatoms. The zero-order valence-electron chi connectivity index (χ0n) is 14.8. The van der Waals surface area contributed by atoms with Gasteiger partial charge in [-0.3, -0.25) is 23.5 Å². The van der Waals surface area contributed by atoms with Gasteiger partial charge in [0.05, 0.1) is 19.3 Å². The van der Waals surface area contributed by atoms with Crippen LogP contribution in [0.2, 0.25) is 0 Å². The van der Waals surface area contributed by atoms with Crippen molar-refractivity contribution in [3.8, 4) is 5.75 Å². The van der Waals surface area contributed by atoms with E-state index in [1.54, 1.807) is 12.1 Å². The maximum Gasteiger partial charge on any atom is 0.530 e. The predicted molar refractivity (Wildman–Crippen MR) is 94.4 cm³/mol. The Morgan fingerprint density at radius 3 is 3.00 bits per heavy atom. The van der Waals surface area contributed by atoms with Crippen LogP contribution in [0.5, 0.6) is 5.75 Å². The third-order valence-electron chi connectivity index (χ3n) is 4.16. The van der Waals surface area contributed by atoms with Crippen molar-refractivity contribution >= 4 is 20.1 Å². The van der Waals surface area contributed by atoms with Crippen LogP contribution in [0.1, 0.15) is 18.4 Å². The van der Waals surface area contributed by atoms with Gasteiger partial charge in [-0.15, -0.1) is 0 Å². The molecular weight excluding hydrogens is 375 g/mol. The van der Waals surface area contributed by atoms with E-state index in [0.717, 1.165) is 5.56 Å². The van der Waals surface area contributed by atoms with E-state index in [4.69, 9.17) is 18.3 Å². The molecule has 1 N–H and O–H groups in total. The lowest BCUT2D eigenvalue weighted by molar-refractivity contribution is -0.127. The van der Waals surface area contributed by atoms with Crippen LogP contribution in [-0.2, 0) is 34.5 Å². The summed E-state index contributed by atoms with van der Waals surface area (Å²) in [6, 6.07) is 7.15. The number of nitrogens with one attached hydrogen (secondary N) is 1. The summed E-state index contributed by atoms with van der Waals surface area (Å²) in [5, 5.41) is 2.42. The van der Waals surface area contributed by atoms with Crippen molar-refractivity contribution in [2.24, 2.45) is 0 Å². The summed E-state index contributed by atoms with van der Waals surface area (Å²) in [6.45, 7) is 0.145. The van der Waals surface area contributed by atoms with Crippen molar-refractivity contribution in [2.75, 3.05) is 13.7 Å². The van der Waals surface area contributed by atoms with E-state index < -0.39 is 14.1 Å². The maximum absolute atomic E-state index is 12.6. The number of carbonyl (C=O) groups excluding carboxylic acids is 2. The standard InChI is InChI=1S/C17H21N2O7P/c1-18-16(21)8-9-19(12-20)17-7-6-14(25-17)11-24-27(22)23-10-13-4-2-3-5-15(13)26-27/h2-5,8-9,12,14,17H,6-7,10-11H2,1H3,(H,18,21)/b9-8-. The number of rotatable bonds is 7. The van der Waals surface area contributed by atoms with E-state index in [1.807, 2.05) is 12.1 Å². The molecule has 1 aromatic rings. The van der Waals surface area contributed by atoms with Gasteiger partial charge in [-0.1, -0.05) is 18.2 Å². The molecule has 146 valence electrons. The van der Waals surface area contributed by atoms with Gasteiger partial charge in [0.1, 0.15) is 12.0 Å². The monoisotopic (exact) mass is 396 g/mol. The van der Waals surface area contributed by atoms with Crippen LogP contribution in [0.25, 0.3) is 0 Å². The third-order valence-corrected chi connectivity index (χ3v) is 5.49. The second-order valence-electron chi connectivity index (χ2n) is 5.99. The number of fused-ring (bicyclic) bond motifs is 1. The molecule has 1 aromatic carbocycles. The quantitative estimate of drug-likeness (QED) is 0.427. The van der Waals surface area contributed by atoms with Gasteiger partial charge in [-0.2, -0.15) is 0 Å². The Bertz CT molecular complexity index is 769. The molecule has 3 rings (SSSR count). The highest BCUT2D eigenvalue weighted by Gasteiger charge is 2.37. The molecule has 2 amide bonds.